The Morgan fingerprint density at radius 3 is 2.62 bits per heavy atom. The standard InChI is InChI=1S/C20H23NO4S/c1-13-8-9-18(14(2)10-13)26-12-19(22)25-15(3)20(23)21-16-6-5-7-17(11-16)24-4/h5-11,15H,12H2,1-4H3,(H,21,23)/t15-/m0/s1. The number of hydrogen-bond donors (Lipinski definition) is 1. The SMILES string of the molecule is COc1cccc(NC(=O)[C@H](C)OC(=O)CSc2ccc(C)cc2C)c1. The van der Waals surface area contributed by atoms with Crippen LogP contribution < -0.4 is 10.1 Å². The van der Waals surface area contributed by atoms with Crippen LogP contribution in [0.3, 0.4) is 0 Å². The van der Waals surface area contributed by atoms with Crippen LogP contribution in [0.1, 0.15) is 18.1 Å². The number of thioether (sulfide) groups is 1. The molecule has 2 rings (SSSR count). The van der Waals surface area contributed by atoms with Crippen molar-refractivity contribution in [2.45, 2.75) is 31.8 Å². The number of aryl methyl sites for hydroxylation is 2. The zero-order chi connectivity index (χ0) is 19.1. The van der Waals surface area contributed by atoms with Crippen LogP contribution in [0.5, 0.6) is 5.75 Å². The number of ether oxygens (including phenoxy) is 2. The van der Waals surface area contributed by atoms with Gasteiger partial charge in [0.25, 0.3) is 5.91 Å². The Labute approximate surface area is 158 Å². The number of carbonyl (C=O) groups excluding carboxylic acids is 2. The Morgan fingerprint density at radius 1 is 1.15 bits per heavy atom. The van der Waals surface area contributed by atoms with Gasteiger partial charge in [0.1, 0.15) is 5.75 Å². The molecule has 0 unspecified atom stereocenters. The lowest BCUT2D eigenvalue weighted by molar-refractivity contribution is -0.150. The Bertz CT molecular complexity index is 791. The van der Waals surface area contributed by atoms with E-state index in [0.29, 0.717) is 11.4 Å². The summed E-state index contributed by atoms with van der Waals surface area (Å²) in [6.07, 6.45) is -0.881. The van der Waals surface area contributed by atoms with Gasteiger partial charge in [-0.2, -0.15) is 0 Å². The summed E-state index contributed by atoms with van der Waals surface area (Å²) in [5.74, 6) is -0.0237. The van der Waals surface area contributed by atoms with Crippen LogP contribution in [-0.4, -0.2) is 30.8 Å². The molecule has 0 aromatic heterocycles. The maximum Gasteiger partial charge on any atom is 0.317 e. The van der Waals surface area contributed by atoms with E-state index >= 15 is 0 Å². The van der Waals surface area contributed by atoms with Crippen LogP contribution in [-0.2, 0) is 14.3 Å². The minimum absolute atomic E-state index is 0.153. The van der Waals surface area contributed by atoms with Crippen molar-refractivity contribution in [3.05, 3.63) is 53.6 Å². The van der Waals surface area contributed by atoms with Crippen molar-refractivity contribution in [3.63, 3.8) is 0 Å². The fourth-order valence-corrected chi connectivity index (χ4v) is 3.12. The lowest BCUT2D eigenvalue weighted by atomic mass is 10.2. The topological polar surface area (TPSA) is 64.6 Å². The second kappa shape index (κ2) is 9.29. The van der Waals surface area contributed by atoms with Gasteiger partial charge in [-0.3, -0.25) is 9.59 Å². The van der Waals surface area contributed by atoms with Gasteiger partial charge >= 0.3 is 5.97 Å². The summed E-state index contributed by atoms with van der Waals surface area (Å²) in [5, 5.41) is 2.71. The number of hydrogen-bond acceptors (Lipinski definition) is 5. The van der Waals surface area contributed by atoms with E-state index in [2.05, 4.69) is 11.4 Å². The van der Waals surface area contributed by atoms with Gasteiger partial charge in [-0.05, 0) is 44.5 Å². The summed E-state index contributed by atoms with van der Waals surface area (Å²) in [7, 11) is 1.55. The number of amides is 1. The van der Waals surface area contributed by atoms with E-state index in [9.17, 15) is 9.59 Å². The minimum Gasteiger partial charge on any atom is -0.497 e. The molecule has 0 radical (unpaired) electrons. The first kappa shape index (κ1) is 19.8. The van der Waals surface area contributed by atoms with Crippen molar-refractivity contribution in [2.24, 2.45) is 0 Å². The number of carbonyl (C=O) groups is 2. The average molecular weight is 373 g/mol. The van der Waals surface area contributed by atoms with Crippen LogP contribution in [0.2, 0.25) is 0 Å². The first-order valence-electron chi connectivity index (χ1n) is 8.23. The highest BCUT2D eigenvalue weighted by molar-refractivity contribution is 8.00. The molecule has 1 atom stereocenters. The second-order valence-corrected chi connectivity index (χ2v) is 6.93. The summed E-state index contributed by atoms with van der Waals surface area (Å²) in [5.41, 5.74) is 2.88. The largest absolute Gasteiger partial charge is 0.497 e. The number of nitrogens with one attached hydrogen (secondary N) is 1. The van der Waals surface area contributed by atoms with Crippen LogP contribution in [0.4, 0.5) is 5.69 Å². The normalized spacial score (nSPS) is 11.5. The first-order valence-corrected chi connectivity index (χ1v) is 9.22. The van der Waals surface area contributed by atoms with Gasteiger partial charge in [0.15, 0.2) is 6.10 Å². The molecule has 0 saturated heterocycles. The molecule has 0 heterocycles. The van der Waals surface area contributed by atoms with Crippen LogP contribution in [0.15, 0.2) is 47.4 Å². The number of anilines is 1. The molecule has 1 amide bonds. The zero-order valence-corrected chi connectivity index (χ0v) is 16.2. The van der Waals surface area contributed by atoms with Gasteiger partial charge in [-0.1, -0.05) is 23.8 Å². The van der Waals surface area contributed by atoms with Gasteiger partial charge in [-0.15, -0.1) is 11.8 Å². The van der Waals surface area contributed by atoms with Crippen LogP contribution in [0, 0.1) is 13.8 Å². The van der Waals surface area contributed by atoms with E-state index in [0.717, 1.165) is 10.5 Å². The third-order valence-corrected chi connectivity index (χ3v) is 4.84. The average Bonchev–Trinajstić information content (AvgIpc) is 2.61. The van der Waals surface area contributed by atoms with E-state index in [-0.39, 0.29) is 11.7 Å². The summed E-state index contributed by atoms with van der Waals surface area (Å²) in [6.45, 7) is 5.58. The quantitative estimate of drug-likeness (QED) is 0.588. The molecule has 0 aliphatic carbocycles. The lowest BCUT2D eigenvalue weighted by Gasteiger charge is -2.14. The highest BCUT2D eigenvalue weighted by atomic mass is 32.2. The molecule has 0 aliphatic rings. The first-order chi connectivity index (χ1) is 12.4. The molecule has 0 spiro atoms. The van der Waals surface area contributed by atoms with E-state index in [1.165, 1.54) is 17.3 Å². The molecule has 1 N–H and O–H groups in total. The number of benzene rings is 2. The molecule has 0 bridgehead atoms. The number of rotatable bonds is 7. The van der Waals surface area contributed by atoms with Gasteiger partial charge in [0, 0.05) is 16.6 Å². The van der Waals surface area contributed by atoms with Crippen LogP contribution >= 0.6 is 11.8 Å². The third-order valence-electron chi connectivity index (χ3n) is 3.69. The van der Waals surface area contributed by atoms with Gasteiger partial charge in [0.2, 0.25) is 0 Å². The second-order valence-electron chi connectivity index (χ2n) is 5.91. The Balaban J connectivity index is 1.84. The van der Waals surface area contributed by atoms with Gasteiger partial charge in [0.05, 0.1) is 12.9 Å². The predicted molar refractivity (Wildman–Crippen MR) is 104 cm³/mol. The van der Waals surface area contributed by atoms with Gasteiger partial charge < -0.3 is 14.8 Å². The number of methoxy groups -OCH3 is 1. The molecule has 0 fully saturated rings. The predicted octanol–water partition coefficient (Wildman–Crippen LogP) is 3.97. The molecule has 2 aromatic rings. The summed E-state index contributed by atoms with van der Waals surface area (Å²) in [4.78, 5) is 25.2. The van der Waals surface area contributed by atoms with Crippen molar-refractivity contribution in [3.8, 4) is 5.75 Å². The van der Waals surface area contributed by atoms with Crippen molar-refractivity contribution in [1.82, 2.24) is 0 Å². The van der Waals surface area contributed by atoms with Crippen molar-refractivity contribution in [1.29, 1.82) is 0 Å². The Morgan fingerprint density at radius 2 is 1.92 bits per heavy atom. The fourth-order valence-electron chi connectivity index (χ4n) is 2.33. The minimum atomic E-state index is -0.881. The van der Waals surface area contributed by atoms with E-state index in [1.54, 1.807) is 38.3 Å². The molecule has 26 heavy (non-hydrogen) atoms. The monoisotopic (exact) mass is 373 g/mol. The molecule has 2 aromatic carbocycles. The van der Waals surface area contributed by atoms with Gasteiger partial charge in [-0.25, -0.2) is 0 Å². The summed E-state index contributed by atoms with van der Waals surface area (Å²) >= 11 is 1.40. The fraction of sp³-hybridized carbons (Fsp3) is 0.300. The number of esters is 1. The van der Waals surface area contributed by atoms with Crippen molar-refractivity contribution in [2.75, 3.05) is 18.2 Å². The molecular weight excluding hydrogens is 350 g/mol. The van der Waals surface area contributed by atoms with E-state index in [4.69, 9.17) is 9.47 Å². The molecule has 138 valence electrons. The molecule has 0 saturated carbocycles. The summed E-state index contributed by atoms with van der Waals surface area (Å²) in [6, 6.07) is 13.0. The summed E-state index contributed by atoms with van der Waals surface area (Å²) < 4.78 is 10.3. The van der Waals surface area contributed by atoms with Crippen molar-refractivity contribution < 1.29 is 19.1 Å². The molecular formula is C20H23NO4S. The molecule has 5 nitrogen and oxygen atoms in total. The lowest BCUT2D eigenvalue weighted by Crippen LogP contribution is -2.30. The Kier molecular flexibility index (Phi) is 7.09. The van der Waals surface area contributed by atoms with Crippen molar-refractivity contribution >= 4 is 29.3 Å². The Hall–Kier alpha value is -2.47. The molecule has 0 aliphatic heterocycles. The molecule has 6 heteroatoms. The smallest absolute Gasteiger partial charge is 0.317 e. The van der Waals surface area contributed by atoms with E-state index < -0.39 is 12.1 Å². The maximum absolute atomic E-state index is 12.2. The third kappa shape index (κ3) is 5.81. The maximum atomic E-state index is 12.2. The highest BCUT2D eigenvalue weighted by Gasteiger charge is 2.18. The zero-order valence-electron chi connectivity index (χ0n) is 15.4. The van der Waals surface area contributed by atoms with Crippen LogP contribution in [0.25, 0.3) is 0 Å². The van der Waals surface area contributed by atoms with E-state index in [1.807, 2.05) is 26.0 Å². The highest BCUT2D eigenvalue weighted by Crippen LogP contribution is 2.23.